The molecule has 5 heteroatoms. The Hall–Kier alpha value is -0.970. The van der Waals surface area contributed by atoms with E-state index < -0.39 is 0 Å². The highest BCUT2D eigenvalue weighted by molar-refractivity contribution is 7.09. The summed E-state index contributed by atoms with van der Waals surface area (Å²) in [5.41, 5.74) is 2.10. The third kappa shape index (κ3) is 3.77. The minimum Gasteiger partial charge on any atom is -0.312 e. The van der Waals surface area contributed by atoms with Crippen LogP contribution in [0.4, 0.5) is 4.39 Å². The van der Waals surface area contributed by atoms with Crippen LogP contribution in [0, 0.1) is 12.7 Å². The van der Waals surface area contributed by atoms with Crippen LogP contribution in [-0.2, 0) is 13.0 Å². The summed E-state index contributed by atoms with van der Waals surface area (Å²) in [6.45, 7) is 3.53. The molecule has 0 atom stereocenters. The SMILES string of the molecule is Cc1nc(CCNCc2ccc(F)c(Cl)c2)cs1. The Morgan fingerprint density at radius 1 is 1.44 bits per heavy atom. The molecule has 18 heavy (non-hydrogen) atoms. The molecule has 0 aliphatic rings. The monoisotopic (exact) mass is 284 g/mol. The summed E-state index contributed by atoms with van der Waals surface area (Å²) in [6.07, 6.45) is 0.902. The van der Waals surface area contributed by atoms with Crippen LogP contribution in [0.25, 0.3) is 0 Å². The Labute approximate surface area is 115 Å². The molecule has 0 aliphatic heterocycles. The summed E-state index contributed by atoms with van der Waals surface area (Å²) in [7, 11) is 0. The maximum atomic E-state index is 13.0. The van der Waals surface area contributed by atoms with E-state index in [1.165, 1.54) is 6.07 Å². The number of nitrogens with one attached hydrogen (secondary N) is 1. The first kappa shape index (κ1) is 13.5. The fourth-order valence-corrected chi connectivity index (χ4v) is 2.47. The van der Waals surface area contributed by atoms with E-state index in [4.69, 9.17) is 11.6 Å². The van der Waals surface area contributed by atoms with Crippen molar-refractivity contribution in [2.75, 3.05) is 6.54 Å². The zero-order valence-electron chi connectivity index (χ0n) is 10.0. The van der Waals surface area contributed by atoms with Crippen LogP contribution in [0.1, 0.15) is 16.3 Å². The van der Waals surface area contributed by atoms with Gasteiger partial charge >= 0.3 is 0 Å². The molecule has 1 heterocycles. The Balaban J connectivity index is 1.76. The van der Waals surface area contributed by atoms with Crippen molar-refractivity contribution in [2.24, 2.45) is 0 Å². The number of thiazole rings is 1. The zero-order valence-corrected chi connectivity index (χ0v) is 11.6. The highest BCUT2D eigenvalue weighted by atomic mass is 35.5. The number of rotatable bonds is 5. The Morgan fingerprint density at radius 2 is 2.28 bits per heavy atom. The molecule has 1 aromatic carbocycles. The number of hydrogen-bond donors (Lipinski definition) is 1. The predicted molar refractivity (Wildman–Crippen MR) is 73.7 cm³/mol. The van der Waals surface area contributed by atoms with Crippen molar-refractivity contribution >= 4 is 22.9 Å². The van der Waals surface area contributed by atoms with Crippen molar-refractivity contribution in [1.29, 1.82) is 0 Å². The maximum absolute atomic E-state index is 13.0. The lowest BCUT2D eigenvalue weighted by Crippen LogP contribution is -2.16. The largest absolute Gasteiger partial charge is 0.312 e. The van der Waals surface area contributed by atoms with E-state index in [0.29, 0.717) is 6.54 Å². The van der Waals surface area contributed by atoms with Gasteiger partial charge in [-0.05, 0) is 24.6 Å². The Bertz CT molecular complexity index is 527. The number of halogens is 2. The second-order valence-corrected chi connectivity index (χ2v) is 5.50. The molecule has 96 valence electrons. The standard InChI is InChI=1S/C13H14ClFN2S/c1-9-17-11(8-18-9)4-5-16-7-10-2-3-13(15)12(14)6-10/h2-3,6,8,16H,4-5,7H2,1H3. The molecule has 1 N–H and O–H groups in total. The summed E-state index contributed by atoms with van der Waals surface area (Å²) in [6, 6.07) is 4.78. The summed E-state index contributed by atoms with van der Waals surface area (Å²) >= 11 is 7.38. The van der Waals surface area contributed by atoms with Gasteiger partial charge in [0.15, 0.2) is 0 Å². The topological polar surface area (TPSA) is 24.9 Å². The van der Waals surface area contributed by atoms with E-state index in [9.17, 15) is 4.39 Å². The number of nitrogens with zero attached hydrogens (tertiary/aromatic N) is 1. The molecule has 2 aromatic rings. The van der Waals surface area contributed by atoms with Crippen LogP contribution in [0.15, 0.2) is 23.6 Å². The van der Waals surface area contributed by atoms with E-state index in [0.717, 1.165) is 29.2 Å². The molecule has 0 spiro atoms. The van der Waals surface area contributed by atoms with Crippen molar-refractivity contribution in [3.05, 3.63) is 50.7 Å². The van der Waals surface area contributed by atoms with Crippen molar-refractivity contribution < 1.29 is 4.39 Å². The molecular weight excluding hydrogens is 271 g/mol. The van der Waals surface area contributed by atoms with Gasteiger partial charge in [0.05, 0.1) is 15.7 Å². The smallest absolute Gasteiger partial charge is 0.141 e. The summed E-state index contributed by atoms with van der Waals surface area (Å²) < 4.78 is 13.0. The molecule has 0 bridgehead atoms. The van der Waals surface area contributed by atoms with Gasteiger partial charge in [-0.3, -0.25) is 0 Å². The minimum absolute atomic E-state index is 0.171. The van der Waals surface area contributed by atoms with Crippen molar-refractivity contribution in [1.82, 2.24) is 10.3 Å². The number of aromatic nitrogens is 1. The molecule has 2 nitrogen and oxygen atoms in total. The van der Waals surface area contributed by atoms with E-state index in [-0.39, 0.29) is 10.8 Å². The predicted octanol–water partition coefficient (Wildman–Crippen LogP) is 3.58. The molecule has 0 amide bonds. The second kappa shape index (κ2) is 6.27. The first-order valence-corrected chi connectivity index (χ1v) is 6.96. The third-order valence-corrected chi connectivity index (χ3v) is 3.65. The number of aryl methyl sites for hydroxylation is 1. The van der Waals surface area contributed by atoms with Gasteiger partial charge in [-0.2, -0.15) is 0 Å². The summed E-state index contributed by atoms with van der Waals surface area (Å²) in [5, 5.41) is 6.63. The normalized spacial score (nSPS) is 10.8. The van der Waals surface area contributed by atoms with Crippen LogP contribution in [0.5, 0.6) is 0 Å². The second-order valence-electron chi connectivity index (χ2n) is 4.03. The summed E-state index contributed by atoms with van der Waals surface area (Å²) in [5.74, 6) is -0.377. The van der Waals surface area contributed by atoms with Crippen molar-refractivity contribution in [3.8, 4) is 0 Å². The van der Waals surface area contributed by atoms with Crippen LogP contribution >= 0.6 is 22.9 Å². The molecule has 0 saturated carbocycles. The van der Waals surface area contributed by atoms with Crippen LogP contribution in [0.3, 0.4) is 0 Å². The highest BCUT2D eigenvalue weighted by Crippen LogP contribution is 2.15. The molecular formula is C13H14ClFN2S. The van der Waals surface area contributed by atoms with Crippen molar-refractivity contribution in [2.45, 2.75) is 19.9 Å². The van der Waals surface area contributed by atoms with Gasteiger partial charge < -0.3 is 5.32 Å². The van der Waals surface area contributed by atoms with Gasteiger partial charge in [-0.25, -0.2) is 9.37 Å². The average Bonchev–Trinajstić information content (AvgIpc) is 2.75. The minimum atomic E-state index is -0.377. The molecule has 2 rings (SSSR count). The molecule has 0 fully saturated rings. The van der Waals surface area contributed by atoms with Gasteiger partial charge in [-0.15, -0.1) is 11.3 Å². The van der Waals surface area contributed by atoms with Gasteiger partial charge in [-0.1, -0.05) is 17.7 Å². The zero-order chi connectivity index (χ0) is 13.0. The van der Waals surface area contributed by atoms with Crippen LogP contribution < -0.4 is 5.32 Å². The maximum Gasteiger partial charge on any atom is 0.141 e. The van der Waals surface area contributed by atoms with Gasteiger partial charge in [0.25, 0.3) is 0 Å². The number of benzene rings is 1. The van der Waals surface area contributed by atoms with E-state index in [1.54, 1.807) is 23.5 Å². The highest BCUT2D eigenvalue weighted by Gasteiger charge is 2.01. The van der Waals surface area contributed by atoms with E-state index in [1.807, 2.05) is 6.92 Å². The first-order chi connectivity index (χ1) is 8.65. The third-order valence-electron chi connectivity index (χ3n) is 2.54. The lowest BCUT2D eigenvalue weighted by molar-refractivity contribution is 0.625. The van der Waals surface area contributed by atoms with Gasteiger partial charge in [0, 0.05) is 24.9 Å². The molecule has 0 radical (unpaired) electrons. The molecule has 1 aromatic heterocycles. The van der Waals surface area contributed by atoms with Crippen LogP contribution in [0.2, 0.25) is 5.02 Å². The molecule has 0 aliphatic carbocycles. The first-order valence-electron chi connectivity index (χ1n) is 5.71. The lowest BCUT2D eigenvalue weighted by Gasteiger charge is -2.04. The fraction of sp³-hybridized carbons (Fsp3) is 0.308. The Kier molecular flexibility index (Phi) is 4.69. The molecule has 0 saturated heterocycles. The summed E-state index contributed by atoms with van der Waals surface area (Å²) in [4.78, 5) is 4.39. The average molecular weight is 285 g/mol. The van der Waals surface area contributed by atoms with Crippen molar-refractivity contribution in [3.63, 3.8) is 0 Å². The fourth-order valence-electron chi connectivity index (χ4n) is 1.62. The van der Waals surface area contributed by atoms with Crippen LogP contribution in [-0.4, -0.2) is 11.5 Å². The number of hydrogen-bond acceptors (Lipinski definition) is 3. The quantitative estimate of drug-likeness (QED) is 0.849. The lowest BCUT2D eigenvalue weighted by atomic mass is 10.2. The molecule has 0 unspecified atom stereocenters. The van der Waals surface area contributed by atoms with Gasteiger partial charge in [0.2, 0.25) is 0 Å². The Morgan fingerprint density at radius 3 is 2.94 bits per heavy atom. The van der Waals surface area contributed by atoms with E-state index >= 15 is 0 Å². The van der Waals surface area contributed by atoms with E-state index in [2.05, 4.69) is 15.7 Å². The van der Waals surface area contributed by atoms with Gasteiger partial charge in [0.1, 0.15) is 5.82 Å².